The summed E-state index contributed by atoms with van der Waals surface area (Å²) in [4.78, 5) is 30.9. The van der Waals surface area contributed by atoms with Gasteiger partial charge in [-0.3, -0.25) is 9.59 Å². The van der Waals surface area contributed by atoms with E-state index in [0.29, 0.717) is 50.3 Å². The van der Waals surface area contributed by atoms with E-state index < -0.39 is 0 Å². The number of nitrogens with one attached hydrogen (secondary N) is 1. The van der Waals surface area contributed by atoms with E-state index in [9.17, 15) is 14.0 Å². The van der Waals surface area contributed by atoms with Gasteiger partial charge in [-0.05, 0) is 43.7 Å². The number of benzene rings is 1. The molecule has 8 heteroatoms. The Morgan fingerprint density at radius 2 is 1.96 bits per heavy atom. The lowest BCUT2D eigenvalue weighted by Gasteiger charge is -2.30. The van der Waals surface area contributed by atoms with Gasteiger partial charge >= 0.3 is 0 Å². The van der Waals surface area contributed by atoms with Crippen molar-refractivity contribution >= 4 is 28.8 Å². The van der Waals surface area contributed by atoms with Crippen molar-refractivity contribution in [2.75, 3.05) is 25.0 Å². The van der Waals surface area contributed by atoms with Crippen LogP contribution in [0.25, 0.3) is 0 Å². The van der Waals surface area contributed by atoms with Crippen molar-refractivity contribution in [3.8, 4) is 0 Å². The minimum absolute atomic E-state index is 0.0948. The van der Waals surface area contributed by atoms with E-state index in [2.05, 4.69) is 10.3 Å². The van der Waals surface area contributed by atoms with Crippen LogP contribution in [0.5, 0.6) is 0 Å². The van der Waals surface area contributed by atoms with Crippen LogP contribution in [0.4, 0.5) is 10.1 Å². The van der Waals surface area contributed by atoms with Crippen molar-refractivity contribution in [3.63, 3.8) is 0 Å². The van der Waals surface area contributed by atoms with Crippen LogP contribution in [-0.4, -0.2) is 41.3 Å². The Morgan fingerprint density at radius 3 is 2.62 bits per heavy atom. The predicted molar refractivity (Wildman–Crippen MR) is 98.5 cm³/mol. The summed E-state index contributed by atoms with van der Waals surface area (Å²) in [6, 6.07) is 5.69. The van der Waals surface area contributed by atoms with Gasteiger partial charge in [0.25, 0.3) is 5.91 Å². The summed E-state index contributed by atoms with van der Waals surface area (Å²) in [7, 11) is 0. The number of hydrogen-bond acceptors (Lipinski definition) is 5. The van der Waals surface area contributed by atoms with E-state index in [4.69, 9.17) is 5.73 Å². The molecule has 0 bridgehead atoms. The number of nitrogens with zero attached hydrogens (tertiary/aromatic N) is 2. The minimum Gasteiger partial charge on any atom is -0.337 e. The lowest BCUT2D eigenvalue weighted by atomic mass is 9.95. The molecule has 1 aliphatic heterocycles. The first-order valence-electron chi connectivity index (χ1n) is 8.57. The normalized spacial score (nSPS) is 15.1. The summed E-state index contributed by atoms with van der Waals surface area (Å²) in [5, 5.41) is 5.43. The number of aromatic nitrogens is 1. The van der Waals surface area contributed by atoms with Gasteiger partial charge in [-0.15, -0.1) is 11.3 Å². The van der Waals surface area contributed by atoms with E-state index in [-0.39, 0.29) is 23.5 Å². The van der Waals surface area contributed by atoms with E-state index in [1.165, 1.54) is 35.6 Å². The summed E-state index contributed by atoms with van der Waals surface area (Å²) in [5.41, 5.74) is 6.54. The van der Waals surface area contributed by atoms with Crippen LogP contribution in [0.3, 0.4) is 0 Å². The Bertz CT molecular complexity index is 770. The van der Waals surface area contributed by atoms with Crippen LogP contribution >= 0.6 is 11.3 Å². The Balaban J connectivity index is 1.52. The molecule has 2 aromatic rings. The highest BCUT2D eigenvalue weighted by Crippen LogP contribution is 2.22. The van der Waals surface area contributed by atoms with Crippen LogP contribution in [0.2, 0.25) is 0 Å². The molecule has 1 fully saturated rings. The molecule has 2 heterocycles. The highest BCUT2D eigenvalue weighted by molar-refractivity contribution is 7.09. The van der Waals surface area contributed by atoms with Gasteiger partial charge in [0.2, 0.25) is 5.91 Å². The maximum absolute atomic E-state index is 12.9. The van der Waals surface area contributed by atoms with E-state index >= 15 is 0 Å². The number of carbonyl (C=O) groups is 2. The molecule has 1 saturated heterocycles. The average Bonchev–Trinajstić information content (AvgIpc) is 3.12. The van der Waals surface area contributed by atoms with E-state index in [1.54, 1.807) is 10.3 Å². The number of rotatable bonds is 5. The summed E-state index contributed by atoms with van der Waals surface area (Å²) >= 11 is 1.44. The number of hydrogen-bond donors (Lipinski definition) is 2. The summed E-state index contributed by atoms with van der Waals surface area (Å²) in [6.07, 6.45) is 1.86. The number of halogens is 1. The predicted octanol–water partition coefficient (Wildman–Crippen LogP) is 2.27. The molecule has 3 rings (SSSR count). The van der Waals surface area contributed by atoms with Crippen molar-refractivity contribution < 1.29 is 14.0 Å². The van der Waals surface area contributed by atoms with Gasteiger partial charge < -0.3 is 16.0 Å². The average molecular weight is 376 g/mol. The van der Waals surface area contributed by atoms with Crippen molar-refractivity contribution in [2.24, 2.45) is 11.7 Å². The number of anilines is 1. The zero-order chi connectivity index (χ0) is 18.5. The molecule has 0 unspecified atom stereocenters. The van der Waals surface area contributed by atoms with Crippen molar-refractivity contribution in [2.45, 2.75) is 19.3 Å². The third kappa shape index (κ3) is 4.44. The van der Waals surface area contributed by atoms with Crippen LogP contribution in [-0.2, 0) is 11.2 Å². The first-order chi connectivity index (χ1) is 12.6. The maximum Gasteiger partial charge on any atom is 0.273 e. The molecular weight excluding hydrogens is 355 g/mol. The Kier molecular flexibility index (Phi) is 5.95. The molecule has 0 aliphatic carbocycles. The molecule has 0 atom stereocenters. The molecule has 0 saturated carbocycles. The Labute approximate surface area is 155 Å². The van der Waals surface area contributed by atoms with Crippen molar-refractivity contribution in [1.82, 2.24) is 9.88 Å². The fraction of sp³-hybridized carbons (Fsp3) is 0.389. The third-order valence-electron chi connectivity index (χ3n) is 4.39. The zero-order valence-corrected chi connectivity index (χ0v) is 15.1. The lowest BCUT2D eigenvalue weighted by molar-refractivity contribution is -0.121. The topological polar surface area (TPSA) is 88.3 Å². The molecule has 3 N–H and O–H groups in total. The summed E-state index contributed by atoms with van der Waals surface area (Å²) < 4.78 is 12.9. The molecule has 138 valence electrons. The largest absolute Gasteiger partial charge is 0.337 e. The molecule has 2 amide bonds. The molecule has 1 aliphatic rings. The first-order valence-corrected chi connectivity index (χ1v) is 9.45. The SMILES string of the molecule is NCCc1nc(C(=O)N2CCC(C(=O)Nc3ccc(F)cc3)CC2)cs1. The van der Waals surface area contributed by atoms with Crippen molar-refractivity contribution in [3.05, 3.63) is 46.2 Å². The van der Waals surface area contributed by atoms with E-state index in [0.717, 1.165) is 5.01 Å². The number of likely N-dealkylation sites (tertiary alicyclic amines) is 1. The van der Waals surface area contributed by atoms with Crippen LogP contribution in [0, 0.1) is 11.7 Å². The number of piperidine rings is 1. The van der Waals surface area contributed by atoms with Crippen molar-refractivity contribution in [1.29, 1.82) is 0 Å². The van der Waals surface area contributed by atoms with Gasteiger partial charge in [-0.25, -0.2) is 9.37 Å². The van der Waals surface area contributed by atoms with Gasteiger partial charge in [-0.1, -0.05) is 0 Å². The van der Waals surface area contributed by atoms with Crippen LogP contribution in [0.1, 0.15) is 28.3 Å². The second kappa shape index (κ2) is 8.37. The molecule has 6 nitrogen and oxygen atoms in total. The highest BCUT2D eigenvalue weighted by atomic mass is 32.1. The minimum atomic E-state index is -0.341. The third-order valence-corrected chi connectivity index (χ3v) is 5.30. The fourth-order valence-corrected chi connectivity index (χ4v) is 3.72. The van der Waals surface area contributed by atoms with Gasteiger partial charge in [-0.2, -0.15) is 0 Å². The second-order valence-corrected chi connectivity index (χ2v) is 7.17. The Hall–Kier alpha value is -2.32. The van der Waals surface area contributed by atoms with E-state index in [1.807, 2.05) is 0 Å². The molecule has 1 aromatic heterocycles. The summed E-state index contributed by atoms with van der Waals surface area (Å²) in [5.74, 6) is -0.691. The molecular formula is C18H21FN4O2S. The monoisotopic (exact) mass is 376 g/mol. The van der Waals surface area contributed by atoms with Gasteiger partial charge in [0.05, 0.1) is 5.01 Å². The quantitative estimate of drug-likeness (QED) is 0.838. The second-order valence-electron chi connectivity index (χ2n) is 6.23. The molecule has 26 heavy (non-hydrogen) atoms. The standard InChI is InChI=1S/C18H21FN4O2S/c19-13-1-3-14(4-2-13)21-17(24)12-6-9-23(10-7-12)18(25)15-11-26-16(22-15)5-8-20/h1-4,11-12H,5-10,20H2,(H,21,24). The number of nitrogens with two attached hydrogens (primary N) is 1. The number of thiazole rings is 1. The number of amides is 2. The fourth-order valence-electron chi connectivity index (χ4n) is 2.93. The zero-order valence-electron chi connectivity index (χ0n) is 14.3. The molecule has 1 aromatic carbocycles. The van der Waals surface area contributed by atoms with Gasteiger partial charge in [0.1, 0.15) is 11.5 Å². The Morgan fingerprint density at radius 1 is 1.27 bits per heavy atom. The van der Waals surface area contributed by atoms with Gasteiger partial charge in [0, 0.05) is 36.5 Å². The van der Waals surface area contributed by atoms with Crippen LogP contribution < -0.4 is 11.1 Å². The molecule has 0 spiro atoms. The van der Waals surface area contributed by atoms with Gasteiger partial charge in [0.15, 0.2) is 0 Å². The van der Waals surface area contributed by atoms with Crippen LogP contribution in [0.15, 0.2) is 29.6 Å². The first kappa shape index (κ1) is 18.5. The maximum atomic E-state index is 12.9. The number of carbonyl (C=O) groups excluding carboxylic acids is 2. The summed E-state index contributed by atoms with van der Waals surface area (Å²) in [6.45, 7) is 1.55. The highest BCUT2D eigenvalue weighted by Gasteiger charge is 2.28. The smallest absolute Gasteiger partial charge is 0.273 e. The lowest BCUT2D eigenvalue weighted by Crippen LogP contribution is -2.41. The molecule has 0 radical (unpaired) electrons.